The molecule has 0 fully saturated rings. The number of hydrogen-bond donors (Lipinski definition) is 0. The molecule has 3 heteroatoms. The molecule has 0 amide bonds. The highest BCUT2D eigenvalue weighted by Gasteiger charge is 2.18. The lowest BCUT2D eigenvalue weighted by Gasteiger charge is -2.20. The maximum Gasteiger partial charge on any atom is 0.125 e. The minimum absolute atomic E-state index is 0.697. The van der Waals surface area contributed by atoms with Crippen LogP contribution in [0.3, 0.4) is 0 Å². The first-order valence-corrected chi connectivity index (χ1v) is 10.8. The SMILES string of the molecule is COc1c(C)c(C)c(OC)c(CCCCC#CCC#CCCCI)c1C. The zero-order valence-electron chi connectivity index (χ0n) is 16.9. The lowest BCUT2D eigenvalue weighted by atomic mass is 9.94. The Morgan fingerprint density at radius 2 is 1.31 bits per heavy atom. The summed E-state index contributed by atoms with van der Waals surface area (Å²) in [6.45, 7) is 6.32. The smallest absolute Gasteiger partial charge is 0.125 e. The molecule has 0 radical (unpaired) electrons. The average Bonchev–Trinajstić information content (AvgIpc) is 2.64. The average molecular weight is 466 g/mol. The van der Waals surface area contributed by atoms with E-state index in [1.807, 2.05) is 0 Å². The highest BCUT2D eigenvalue weighted by atomic mass is 127. The van der Waals surface area contributed by atoms with Gasteiger partial charge in [-0.3, -0.25) is 0 Å². The Labute approximate surface area is 173 Å². The normalized spacial score (nSPS) is 9.77. The molecule has 0 aliphatic rings. The van der Waals surface area contributed by atoms with Crippen LogP contribution in [0, 0.1) is 44.5 Å². The Morgan fingerprint density at radius 1 is 0.731 bits per heavy atom. The highest BCUT2D eigenvalue weighted by Crippen LogP contribution is 2.38. The van der Waals surface area contributed by atoms with Crippen LogP contribution in [0.2, 0.25) is 0 Å². The molecule has 0 aromatic heterocycles. The van der Waals surface area contributed by atoms with Gasteiger partial charge in [-0.2, -0.15) is 0 Å². The minimum Gasteiger partial charge on any atom is -0.496 e. The first-order valence-electron chi connectivity index (χ1n) is 9.26. The standard InChI is InChI=1S/C23H31IO2/c1-18-19(2)23(26-5)21(20(3)22(18)25-4)16-14-12-10-8-6-7-9-11-13-15-17-24/h7,10,12-17H2,1-5H3. The predicted octanol–water partition coefficient (Wildman–Crippen LogP) is 5.95. The summed E-state index contributed by atoms with van der Waals surface area (Å²) in [5.41, 5.74) is 4.80. The maximum atomic E-state index is 5.69. The molecule has 142 valence electrons. The first kappa shape index (κ1) is 22.7. The molecule has 0 bridgehead atoms. The van der Waals surface area contributed by atoms with E-state index in [-0.39, 0.29) is 0 Å². The number of unbranched alkanes of at least 4 members (excludes halogenated alkanes) is 3. The zero-order chi connectivity index (χ0) is 19.4. The Hall–Kier alpha value is -1.33. The molecule has 0 unspecified atom stereocenters. The van der Waals surface area contributed by atoms with E-state index in [1.165, 1.54) is 27.5 Å². The van der Waals surface area contributed by atoms with Gasteiger partial charge in [-0.1, -0.05) is 34.4 Å². The van der Waals surface area contributed by atoms with Crippen LogP contribution in [-0.4, -0.2) is 18.6 Å². The fraction of sp³-hybridized carbons (Fsp3) is 0.565. The van der Waals surface area contributed by atoms with Gasteiger partial charge < -0.3 is 9.47 Å². The van der Waals surface area contributed by atoms with Crippen LogP contribution >= 0.6 is 22.6 Å². The van der Waals surface area contributed by atoms with Gasteiger partial charge in [0.15, 0.2) is 0 Å². The summed E-state index contributed by atoms with van der Waals surface area (Å²) < 4.78 is 12.5. The van der Waals surface area contributed by atoms with Crippen molar-refractivity contribution >= 4 is 22.6 Å². The van der Waals surface area contributed by atoms with Gasteiger partial charge in [0, 0.05) is 22.8 Å². The van der Waals surface area contributed by atoms with Crippen molar-refractivity contribution in [2.24, 2.45) is 0 Å². The van der Waals surface area contributed by atoms with E-state index in [0.717, 1.165) is 49.2 Å². The summed E-state index contributed by atoms with van der Waals surface area (Å²) >= 11 is 2.38. The van der Waals surface area contributed by atoms with Crippen LogP contribution in [0.15, 0.2) is 0 Å². The molecular weight excluding hydrogens is 435 g/mol. The summed E-state index contributed by atoms with van der Waals surface area (Å²) in [7, 11) is 3.50. The van der Waals surface area contributed by atoms with Crippen molar-refractivity contribution in [3.8, 4) is 35.2 Å². The fourth-order valence-electron chi connectivity index (χ4n) is 3.06. The van der Waals surface area contributed by atoms with Crippen LogP contribution in [0.5, 0.6) is 11.5 Å². The van der Waals surface area contributed by atoms with Gasteiger partial charge in [0.2, 0.25) is 0 Å². The topological polar surface area (TPSA) is 18.5 Å². The first-order chi connectivity index (χ1) is 12.6. The molecule has 0 spiro atoms. The molecule has 26 heavy (non-hydrogen) atoms. The third-order valence-electron chi connectivity index (χ3n) is 4.56. The number of rotatable bonds is 8. The Kier molecular flexibility index (Phi) is 11.3. The molecule has 1 rings (SSSR count). The summed E-state index contributed by atoms with van der Waals surface area (Å²) in [6.07, 6.45) is 6.97. The van der Waals surface area contributed by atoms with E-state index < -0.39 is 0 Å². The molecule has 2 nitrogen and oxygen atoms in total. The van der Waals surface area contributed by atoms with Crippen molar-refractivity contribution in [2.45, 2.75) is 65.7 Å². The quantitative estimate of drug-likeness (QED) is 0.204. The van der Waals surface area contributed by atoms with Gasteiger partial charge in [0.25, 0.3) is 0 Å². The third kappa shape index (κ3) is 6.76. The summed E-state index contributed by atoms with van der Waals surface area (Å²) in [5, 5.41) is 0. The number of hydrogen-bond acceptors (Lipinski definition) is 2. The molecule has 1 aromatic rings. The molecular formula is C23H31IO2. The van der Waals surface area contributed by atoms with Crippen LogP contribution in [-0.2, 0) is 6.42 Å². The van der Waals surface area contributed by atoms with Crippen LogP contribution in [0.1, 0.15) is 60.8 Å². The number of ether oxygens (including phenoxy) is 2. The van der Waals surface area contributed by atoms with Crippen molar-refractivity contribution in [3.05, 3.63) is 22.3 Å². The number of alkyl halides is 1. The van der Waals surface area contributed by atoms with Gasteiger partial charge in [0.05, 0.1) is 20.6 Å². The van der Waals surface area contributed by atoms with Crippen LogP contribution in [0.25, 0.3) is 0 Å². The van der Waals surface area contributed by atoms with Crippen LogP contribution in [0.4, 0.5) is 0 Å². The van der Waals surface area contributed by atoms with Gasteiger partial charge in [-0.25, -0.2) is 0 Å². The Balaban J connectivity index is 2.56. The third-order valence-corrected chi connectivity index (χ3v) is 5.32. The van der Waals surface area contributed by atoms with Crippen LogP contribution < -0.4 is 9.47 Å². The second-order valence-corrected chi connectivity index (χ2v) is 7.38. The largest absolute Gasteiger partial charge is 0.496 e. The maximum absolute atomic E-state index is 5.69. The Morgan fingerprint density at radius 3 is 1.88 bits per heavy atom. The molecule has 0 saturated carbocycles. The van der Waals surface area contributed by atoms with Gasteiger partial charge in [-0.15, -0.1) is 11.8 Å². The summed E-state index contributed by atoms with van der Waals surface area (Å²) in [6, 6.07) is 0. The van der Waals surface area contributed by atoms with Crippen molar-refractivity contribution in [1.29, 1.82) is 0 Å². The van der Waals surface area contributed by atoms with E-state index >= 15 is 0 Å². The van der Waals surface area contributed by atoms with E-state index in [1.54, 1.807) is 14.2 Å². The van der Waals surface area contributed by atoms with Crippen molar-refractivity contribution in [1.82, 2.24) is 0 Å². The van der Waals surface area contributed by atoms with E-state index in [9.17, 15) is 0 Å². The lowest BCUT2D eigenvalue weighted by molar-refractivity contribution is 0.390. The zero-order valence-corrected chi connectivity index (χ0v) is 19.0. The number of benzene rings is 1. The summed E-state index contributed by atoms with van der Waals surface area (Å²) in [5.74, 6) is 14.7. The molecule has 0 aliphatic carbocycles. The van der Waals surface area contributed by atoms with E-state index in [4.69, 9.17) is 9.47 Å². The molecule has 0 heterocycles. The lowest BCUT2D eigenvalue weighted by Crippen LogP contribution is -2.04. The van der Waals surface area contributed by atoms with Gasteiger partial charge in [0.1, 0.15) is 11.5 Å². The van der Waals surface area contributed by atoms with Gasteiger partial charge >= 0.3 is 0 Å². The summed E-state index contributed by atoms with van der Waals surface area (Å²) in [4.78, 5) is 0. The van der Waals surface area contributed by atoms with E-state index in [2.05, 4.69) is 67.0 Å². The fourth-order valence-corrected chi connectivity index (χ4v) is 3.44. The molecule has 1 aromatic carbocycles. The number of methoxy groups -OCH3 is 2. The van der Waals surface area contributed by atoms with Crippen molar-refractivity contribution in [2.75, 3.05) is 18.6 Å². The van der Waals surface area contributed by atoms with Crippen molar-refractivity contribution in [3.63, 3.8) is 0 Å². The van der Waals surface area contributed by atoms with E-state index in [0.29, 0.717) is 6.42 Å². The van der Waals surface area contributed by atoms with Crippen molar-refractivity contribution < 1.29 is 9.47 Å². The molecule has 0 saturated heterocycles. The van der Waals surface area contributed by atoms with Gasteiger partial charge in [-0.05, 0) is 63.1 Å². The minimum atomic E-state index is 0.697. The predicted molar refractivity (Wildman–Crippen MR) is 120 cm³/mol. The highest BCUT2D eigenvalue weighted by molar-refractivity contribution is 14.1. The molecule has 0 aliphatic heterocycles. The molecule has 0 N–H and O–H groups in total. The monoisotopic (exact) mass is 466 g/mol. The second kappa shape index (κ2) is 12.9. The molecule has 0 atom stereocenters. The number of halogens is 1. The second-order valence-electron chi connectivity index (χ2n) is 6.30. The Bertz CT molecular complexity index is 699.